The zero-order valence-electron chi connectivity index (χ0n) is 9.78. The summed E-state index contributed by atoms with van der Waals surface area (Å²) in [4.78, 5) is 2.24. The second-order valence-electron chi connectivity index (χ2n) is 4.68. The summed E-state index contributed by atoms with van der Waals surface area (Å²) in [5, 5.41) is 2.38. The number of likely N-dealkylation sites (N-methyl/N-ethyl adjacent to an activating group) is 1. The first-order valence-corrected chi connectivity index (χ1v) is 6.34. The highest BCUT2D eigenvalue weighted by molar-refractivity contribution is 6.19. The smallest absolute Gasteiger partial charge is 0.0427 e. The molecular weight excluding hydrogens is 232 g/mol. The molecule has 0 fully saturated rings. The molecule has 3 rings (SSSR count). The minimum atomic E-state index is 0.405. The highest BCUT2D eigenvalue weighted by Crippen LogP contribution is 2.43. The third-order valence-electron chi connectivity index (χ3n) is 3.60. The molecule has 0 bridgehead atoms. The van der Waals surface area contributed by atoms with E-state index in [1.165, 1.54) is 16.6 Å². The van der Waals surface area contributed by atoms with E-state index in [0.29, 0.717) is 11.8 Å². The lowest BCUT2D eigenvalue weighted by molar-refractivity contribution is 0.807. The molecule has 0 amide bonds. The van der Waals surface area contributed by atoms with Gasteiger partial charge in [0.05, 0.1) is 0 Å². The van der Waals surface area contributed by atoms with Crippen molar-refractivity contribution in [3.8, 4) is 0 Å². The Kier molecular flexibility index (Phi) is 2.40. The van der Waals surface area contributed by atoms with Crippen LogP contribution in [0.15, 0.2) is 30.3 Å². The van der Waals surface area contributed by atoms with Gasteiger partial charge < -0.3 is 10.6 Å². The molecule has 88 valence electrons. The minimum Gasteiger partial charge on any atom is -0.398 e. The van der Waals surface area contributed by atoms with E-state index in [9.17, 15) is 0 Å². The predicted molar refractivity (Wildman–Crippen MR) is 75.1 cm³/mol. The normalized spacial score (nSPS) is 18.7. The number of halogens is 1. The Bertz CT molecular complexity index is 580. The van der Waals surface area contributed by atoms with Crippen LogP contribution in [0, 0.1) is 0 Å². The van der Waals surface area contributed by atoms with Crippen LogP contribution in [0.1, 0.15) is 11.5 Å². The molecule has 1 heterocycles. The predicted octanol–water partition coefficient (Wildman–Crippen LogP) is 3.19. The SMILES string of the molecule is CN1CC(CCl)c2c1cc(N)c1ccccc21. The van der Waals surface area contributed by atoms with Gasteiger partial charge in [-0.15, -0.1) is 11.6 Å². The summed E-state index contributed by atoms with van der Waals surface area (Å²) in [6, 6.07) is 10.4. The van der Waals surface area contributed by atoms with E-state index >= 15 is 0 Å². The van der Waals surface area contributed by atoms with E-state index in [0.717, 1.165) is 17.6 Å². The molecule has 0 radical (unpaired) electrons. The van der Waals surface area contributed by atoms with Crippen molar-refractivity contribution in [3.05, 3.63) is 35.9 Å². The van der Waals surface area contributed by atoms with Crippen molar-refractivity contribution < 1.29 is 0 Å². The summed E-state index contributed by atoms with van der Waals surface area (Å²) in [5.74, 6) is 1.06. The molecule has 0 saturated heterocycles. The Labute approximate surface area is 106 Å². The maximum absolute atomic E-state index is 6.12. The molecule has 1 atom stereocenters. The van der Waals surface area contributed by atoms with Gasteiger partial charge in [0, 0.05) is 42.2 Å². The number of fused-ring (bicyclic) bond motifs is 3. The molecule has 2 aromatic rings. The molecule has 2 aromatic carbocycles. The highest BCUT2D eigenvalue weighted by atomic mass is 35.5. The largest absolute Gasteiger partial charge is 0.398 e. The average Bonchev–Trinajstić information content (AvgIpc) is 2.67. The van der Waals surface area contributed by atoms with Crippen LogP contribution in [0.3, 0.4) is 0 Å². The molecule has 2 nitrogen and oxygen atoms in total. The van der Waals surface area contributed by atoms with Crippen molar-refractivity contribution in [2.24, 2.45) is 0 Å². The fourth-order valence-corrected chi connectivity index (χ4v) is 3.05. The van der Waals surface area contributed by atoms with Crippen LogP contribution >= 0.6 is 11.6 Å². The fourth-order valence-electron chi connectivity index (χ4n) is 2.80. The van der Waals surface area contributed by atoms with E-state index in [4.69, 9.17) is 17.3 Å². The second kappa shape index (κ2) is 3.81. The van der Waals surface area contributed by atoms with Gasteiger partial charge in [-0.3, -0.25) is 0 Å². The fraction of sp³-hybridized carbons (Fsp3) is 0.286. The summed E-state index contributed by atoms with van der Waals surface area (Å²) < 4.78 is 0. The number of nitrogens with zero attached hydrogens (tertiary/aromatic N) is 1. The topological polar surface area (TPSA) is 29.3 Å². The Morgan fingerprint density at radius 2 is 2.06 bits per heavy atom. The zero-order chi connectivity index (χ0) is 12.0. The number of alkyl halides is 1. The molecule has 1 aliphatic rings. The molecule has 2 N–H and O–H groups in total. The number of hydrogen-bond donors (Lipinski definition) is 1. The van der Waals surface area contributed by atoms with Crippen molar-refractivity contribution in [2.75, 3.05) is 30.1 Å². The maximum Gasteiger partial charge on any atom is 0.0427 e. The molecule has 3 heteroatoms. The Morgan fingerprint density at radius 1 is 1.35 bits per heavy atom. The first kappa shape index (κ1) is 10.7. The summed E-state index contributed by atoms with van der Waals surface area (Å²) in [5.41, 5.74) is 9.55. The van der Waals surface area contributed by atoms with E-state index in [2.05, 4.69) is 36.2 Å². The van der Waals surface area contributed by atoms with Gasteiger partial charge in [-0.1, -0.05) is 24.3 Å². The number of nitrogens with two attached hydrogens (primary N) is 1. The lowest BCUT2D eigenvalue weighted by atomic mass is 9.95. The van der Waals surface area contributed by atoms with Gasteiger partial charge in [0.25, 0.3) is 0 Å². The van der Waals surface area contributed by atoms with E-state index in [-0.39, 0.29) is 0 Å². The summed E-state index contributed by atoms with van der Waals surface area (Å²) in [6.45, 7) is 0.978. The third-order valence-corrected chi connectivity index (χ3v) is 3.97. The molecule has 0 spiro atoms. The van der Waals surface area contributed by atoms with Crippen LogP contribution in [-0.4, -0.2) is 19.5 Å². The van der Waals surface area contributed by atoms with Crippen LogP contribution in [0.4, 0.5) is 11.4 Å². The van der Waals surface area contributed by atoms with E-state index in [1.54, 1.807) is 0 Å². The molecule has 1 unspecified atom stereocenters. The van der Waals surface area contributed by atoms with Gasteiger partial charge >= 0.3 is 0 Å². The average molecular weight is 247 g/mol. The maximum atomic E-state index is 6.12. The molecule has 17 heavy (non-hydrogen) atoms. The number of rotatable bonds is 1. The van der Waals surface area contributed by atoms with Crippen molar-refractivity contribution in [1.82, 2.24) is 0 Å². The first-order chi connectivity index (χ1) is 8.22. The van der Waals surface area contributed by atoms with Crippen LogP contribution in [0.5, 0.6) is 0 Å². The van der Waals surface area contributed by atoms with Crippen molar-refractivity contribution in [2.45, 2.75) is 5.92 Å². The van der Waals surface area contributed by atoms with Gasteiger partial charge in [0.1, 0.15) is 0 Å². The molecule has 0 aliphatic carbocycles. The second-order valence-corrected chi connectivity index (χ2v) is 4.98. The van der Waals surface area contributed by atoms with Gasteiger partial charge in [0.2, 0.25) is 0 Å². The minimum absolute atomic E-state index is 0.405. The van der Waals surface area contributed by atoms with Crippen molar-refractivity contribution in [3.63, 3.8) is 0 Å². The molecule has 0 saturated carbocycles. The van der Waals surface area contributed by atoms with Gasteiger partial charge in [-0.2, -0.15) is 0 Å². The monoisotopic (exact) mass is 246 g/mol. The Balaban J connectivity index is 2.38. The van der Waals surface area contributed by atoms with E-state index in [1.807, 2.05) is 6.07 Å². The summed E-state index contributed by atoms with van der Waals surface area (Å²) in [7, 11) is 2.10. The standard InChI is InChI=1S/C14H15ClN2/c1-17-8-9(7-15)14-11-5-3-2-4-10(11)12(16)6-13(14)17/h2-6,9H,7-8,16H2,1H3. The number of benzene rings is 2. The number of hydrogen-bond acceptors (Lipinski definition) is 2. The number of anilines is 2. The lowest BCUT2D eigenvalue weighted by Crippen LogP contribution is -2.15. The van der Waals surface area contributed by atoms with Gasteiger partial charge in [-0.25, -0.2) is 0 Å². The Morgan fingerprint density at radius 3 is 2.76 bits per heavy atom. The summed E-state index contributed by atoms with van der Waals surface area (Å²) in [6.07, 6.45) is 0. The van der Waals surface area contributed by atoms with Crippen LogP contribution in [-0.2, 0) is 0 Å². The van der Waals surface area contributed by atoms with Crippen LogP contribution < -0.4 is 10.6 Å². The van der Waals surface area contributed by atoms with Crippen molar-refractivity contribution in [1.29, 1.82) is 0 Å². The molecular formula is C14H15ClN2. The highest BCUT2D eigenvalue weighted by Gasteiger charge is 2.28. The van der Waals surface area contributed by atoms with Crippen molar-refractivity contribution >= 4 is 33.7 Å². The van der Waals surface area contributed by atoms with Crippen LogP contribution in [0.2, 0.25) is 0 Å². The quantitative estimate of drug-likeness (QED) is 0.619. The van der Waals surface area contributed by atoms with E-state index < -0.39 is 0 Å². The first-order valence-electron chi connectivity index (χ1n) is 5.80. The van der Waals surface area contributed by atoms with Gasteiger partial charge in [-0.05, 0) is 17.0 Å². The lowest BCUT2D eigenvalue weighted by Gasteiger charge is -2.14. The van der Waals surface area contributed by atoms with Gasteiger partial charge in [0.15, 0.2) is 0 Å². The zero-order valence-corrected chi connectivity index (χ0v) is 10.5. The summed E-state index contributed by atoms with van der Waals surface area (Å²) >= 11 is 6.08. The number of nitrogen functional groups attached to an aromatic ring is 1. The molecule has 1 aliphatic heterocycles. The molecule has 0 aromatic heterocycles. The van der Waals surface area contributed by atoms with Crippen LogP contribution in [0.25, 0.3) is 10.8 Å². The Hall–Kier alpha value is -1.41. The third kappa shape index (κ3) is 1.48.